The van der Waals surface area contributed by atoms with Crippen molar-refractivity contribution in [1.82, 2.24) is 19.6 Å². The van der Waals surface area contributed by atoms with E-state index in [-0.39, 0.29) is 11.3 Å². The van der Waals surface area contributed by atoms with Crippen molar-refractivity contribution in [3.8, 4) is 0 Å². The molecule has 0 radical (unpaired) electrons. The highest BCUT2D eigenvalue weighted by atomic mass is 16.2. The minimum Gasteiger partial charge on any atom is -0.336 e. The van der Waals surface area contributed by atoms with Gasteiger partial charge in [-0.2, -0.15) is 5.10 Å². The Balaban J connectivity index is 1.51. The smallest absolute Gasteiger partial charge is 0.253 e. The molecule has 1 aromatic heterocycles. The molecule has 0 N–H and O–H groups in total. The van der Waals surface area contributed by atoms with Gasteiger partial charge in [-0.3, -0.25) is 14.4 Å². The molecule has 0 saturated carbocycles. The molecule has 1 aliphatic heterocycles. The van der Waals surface area contributed by atoms with Crippen molar-refractivity contribution in [2.75, 3.05) is 32.7 Å². The van der Waals surface area contributed by atoms with E-state index in [2.05, 4.69) is 60.6 Å². The van der Waals surface area contributed by atoms with Crippen LogP contribution in [-0.4, -0.2) is 58.2 Å². The van der Waals surface area contributed by atoms with Crippen molar-refractivity contribution in [3.05, 3.63) is 52.8 Å². The summed E-state index contributed by atoms with van der Waals surface area (Å²) in [5.74, 6) is 0.147. The van der Waals surface area contributed by atoms with E-state index in [0.29, 0.717) is 0 Å². The van der Waals surface area contributed by atoms with Gasteiger partial charge in [0.15, 0.2) is 0 Å². The second-order valence-electron chi connectivity index (χ2n) is 8.61. The van der Waals surface area contributed by atoms with E-state index < -0.39 is 0 Å². The first-order chi connectivity index (χ1) is 12.7. The van der Waals surface area contributed by atoms with Crippen molar-refractivity contribution < 1.29 is 4.79 Å². The number of carbonyl (C=O) groups excluding carboxylic acids is 1. The van der Waals surface area contributed by atoms with Gasteiger partial charge in [0.25, 0.3) is 5.91 Å². The van der Waals surface area contributed by atoms with Crippen molar-refractivity contribution in [1.29, 1.82) is 0 Å². The third-order valence-electron chi connectivity index (χ3n) is 5.39. The molecule has 1 amide bonds. The minimum absolute atomic E-state index is 0.110. The number of hydrogen-bond acceptors (Lipinski definition) is 3. The Labute approximate surface area is 163 Å². The van der Waals surface area contributed by atoms with Crippen molar-refractivity contribution in [3.63, 3.8) is 0 Å². The zero-order chi connectivity index (χ0) is 19.6. The summed E-state index contributed by atoms with van der Waals surface area (Å²) in [7, 11) is 0. The van der Waals surface area contributed by atoms with Crippen molar-refractivity contribution in [2.45, 2.75) is 46.6 Å². The molecule has 146 valence electrons. The lowest BCUT2D eigenvalue weighted by Gasteiger charge is -2.34. The molecule has 5 nitrogen and oxygen atoms in total. The average molecular weight is 369 g/mol. The van der Waals surface area contributed by atoms with E-state index in [0.717, 1.165) is 50.5 Å². The van der Waals surface area contributed by atoms with Crippen LogP contribution in [0.2, 0.25) is 0 Å². The molecule has 1 saturated heterocycles. The summed E-state index contributed by atoms with van der Waals surface area (Å²) < 4.78 is 2.07. The number of aromatic nitrogens is 2. The molecule has 0 aliphatic carbocycles. The lowest BCUT2D eigenvalue weighted by molar-refractivity contribution is 0.0631. The largest absolute Gasteiger partial charge is 0.336 e. The molecule has 1 aromatic carbocycles. The number of piperazine rings is 1. The Kier molecular flexibility index (Phi) is 5.70. The van der Waals surface area contributed by atoms with Crippen LogP contribution < -0.4 is 0 Å². The SMILES string of the molecule is Cc1cc(C)n(CCN2CCN(C(=O)c3ccc(C(C)(C)C)cc3)CC2)n1. The van der Waals surface area contributed by atoms with Gasteiger partial charge in [0.2, 0.25) is 0 Å². The molecule has 2 heterocycles. The first kappa shape index (κ1) is 19.6. The number of carbonyl (C=O) groups is 1. The standard InChI is InChI=1S/C22H32N4O/c1-17-16-18(2)26(23-17)15-12-24-10-13-25(14-11-24)21(27)19-6-8-20(9-7-19)22(3,4)5/h6-9,16H,10-15H2,1-5H3. The first-order valence-electron chi connectivity index (χ1n) is 9.87. The van der Waals surface area contributed by atoms with Crippen LogP contribution in [0.3, 0.4) is 0 Å². The molecule has 1 aliphatic rings. The minimum atomic E-state index is 0.110. The Bertz CT molecular complexity index is 778. The summed E-state index contributed by atoms with van der Waals surface area (Å²) in [6.45, 7) is 16.0. The van der Waals surface area contributed by atoms with Crippen LogP contribution in [0.15, 0.2) is 30.3 Å². The van der Waals surface area contributed by atoms with E-state index in [1.807, 2.05) is 24.0 Å². The van der Waals surface area contributed by atoms with Crippen LogP contribution in [0.4, 0.5) is 0 Å². The summed E-state index contributed by atoms with van der Waals surface area (Å²) in [5.41, 5.74) is 4.44. The fourth-order valence-corrected chi connectivity index (χ4v) is 3.61. The number of nitrogens with zero attached hydrogens (tertiary/aromatic N) is 4. The van der Waals surface area contributed by atoms with Gasteiger partial charge >= 0.3 is 0 Å². The molecule has 3 rings (SSSR count). The Morgan fingerprint density at radius 2 is 1.63 bits per heavy atom. The van der Waals surface area contributed by atoms with Gasteiger partial charge in [-0.1, -0.05) is 32.9 Å². The number of benzene rings is 1. The molecular formula is C22H32N4O. The predicted molar refractivity (Wildman–Crippen MR) is 109 cm³/mol. The van der Waals surface area contributed by atoms with E-state index in [1.165, 1.54) is 11.3 Å². The Hall–Kier alpha value is -2.14. The monoisotopic (exact) mass is 368 g/mol. The fourth-order valence-electron chi connectivity index (χ4n) is 3.61. The molecule has 0 bridgehead atoms. The molecule has 0 spiro atoms. The molecule has 5 heteroatoms. The highest BCUT2D eigenvalue weighted by Crippen LogP contribution is 2.22. The van der Waals surface area contributed by atoms with E-state index in [4.69, 9.17) is 0 Å². The highest BCUT2D eigenvalue weighted by Gasteiger charge is 2.22. The molecule has 0 atom stereocenters. The van der Waals surface area contributed by atoms with Gasteiger partial charge in [-0.25, -0.2) is 0 Å². The number of amides is 1. The van der Waals surface area contributed by atoms with Crippen LogP contribution in [-0.2, 0) is 12.0 Å². The lowest BCUT2D eigenvalue weighted by Crippen LogP contribution is -2.49. The molecule has 27 heavy (non-hydrogen) atoms. The topological polar surface area (TPSA) is 41.4 Å². The summed E-state index contributed by atoms with van der Waals surface area (Å²) in [4.78, 5) is 17.2. The maximum Gasteiger partial charge on any atom is 0.253 e. The Morgan fingerprint density at radius 3 is 2.15 bits per heavy atom. The molecule has 2 aromatic rings. The van der Waals surface area contributed by atoms with Crippen LogP contribution >= 0.6 is 0 Å². The van der Waals surface area contributed by atoms with Crippen LogP contribution in [0.5, 0.6) is 0 Å². The van der Waals surface area contributed by atoms with E-state index in [9.17, 15) is 4.79 Å². The van der Waals surface area contributed by atoms with Gasteiger partial charge in [-0.15, -0.1) is 0 Å². The number of rotatable bonds is 4. The Morgan fingerprint density at radius 1 is 1.00 bits per heavy atom. The second-order valence-corrected chi connectivity index (χ2v) is 8.61. The van der Waals surface area contributed by atoms with Gasteiger partial charge in [-0.05, 0) is 43.0 Å². The van der Waals surface area contributed by atoms with Crippen molar-refractivity contribution in [2.24, 2.45) is 0 Å². The maximum atomic E-state index is 12.8. The summed E-state index contributed by atoms with van der Waals surface area (Å²) >= 11 is 0. The van der Waals surface area contributed by atoms with Gasteiger partial charge in [0.1, 0.15) is 0 Å². The third-order valence-corrected chi connectivity index (χ3v) is 5.39. The first-order valence-corrected chi connectivity index (χ1v) is 9.87. The molecule has 0 unspecified atom stereocenters. The van der Waals surface area contributed by atoms with Crippen LogP contribution in [0.25, 0.3) is 0 Å². The quantitative estimate of drug-likeness (QED) is 0.832. The predicted octanol–water partition coefficient (Wildman–Crippen LogP) is 3.26. The lowest BCUT2D eigenvalue weighted by atomic mass is 9.86. The maximum absolute atomic E-state index is 12.8. The van der Waals surface area contributed by atoms with Gasteiger partial charge in [0.05, 0.1) is 12.2 Å². The summed E-state index contributed by atoms with van der Waals surface area (Å²) in [5, 5.41) is 4.53. The zero-order valence-corrected chi connectivity index (χ0v) is 17.3. The van der Waals surface area contributed by atoms with Gasteiger partial charge < -0.3 is 4.90 Å². The average Bonchev–Trinajstić information content (AvgIpc) is 2.96. The van der Waals surface area contributed by atoms with Crippen LogP contribution in [0.1, 0.15) is 48.1 Å². The highest BCUT2D eigenvalue weighted by molar-refractivity contribution is 5.94. The number of hydrogen-bond donors (Lipinski definition) is 0. The summed E-state index contributed by atoms with van der Waals surface area (Å²) in [6.07, 6.45) is 0. The fraction of sp³-hybridized carbons (Fsp3) is 0.545. The van der Waals surface area contributed by atoms with Crippen molar-refractivity contribution >= 4 is 5.91 Å². The number of aryl methyl sites for hydroxylation is 2. The van der Waals surface area contributed by atoms with Gasteiger partial charge in [0, 0.05) is 44.0 Å². The normalized spacial score (nSPS) is 16.0. The molecular weight excluding hydrogens is 336 g/mol. The molecule has 1 fully saturated rings. The van der Waals surface area contributed by atoms with E-state index in [1.54, 1.807) is 0 Å². The van der Waals surface area contributed by atoms with E-state index >= 15 is 0 Å². The second kappa shape index (κ2) is 7.85. The zero-order valence-electron chi connectivity index (χ0n) is 17.3. The summed E-state index contributed by atoms with van der Waals surface area (Å²) in [6, 6.07) is 10.2. The van der Waals surface area contributed by atoms with Crippen LogP contribution in [0, 0.1) is 13.8 Å². The third kappa shape index (κ3) is 4.78.